The number of ether oxygens (including phenoxy) is 2. The van der Waals surface area contributed by atoms with E-state index < -0.39 is 5.97 Å². The van der Waals surface area contributed by atoms with Crippen molar-refractivity contribution in [2.75, 3.05) is 20.0 Å². The van der Waals surface area contributed by atoms with E-state index >= 15 is 0 Å². The minimum Gasteiger partial charge on any atom is -0.496 e. The summed E-state index contributed by atoms with van der Waals surface area (Å²) >= 11 is 0. The first-order chi connectivity index (χ1) is 6.20. The molecule has 0 saturated heterocycles. The molecule has 0 spiro atoms. The molecule has 0 bridgehead atoms. The van der Waals surface area contributed by atoms with Gasteiger partial charge >= 0.3 is 5.97 Å². The monoisotopic (exact) mass is 217 g/mol. The maximum absolute atomic E-state index is 11.2. The first-order valence-corrected chi connectivity index (χ1v) is 3.71. The lowest BCUT2D eigenvalue weighted by Crippen LogP contribution is -2.07. The van der Waals surface area contributed by atoms with E-state index in [0.29, 0.717) is 11.4 Å². The summed E-state index contributed by atoms with van der Waals surface area (Å²) in [5, 5.41) is 0. The van der Waals surface area contributed by atoms with E-state index in [9.17, 15) is 4.79 Å². The van der Waals surface area contributed by atoms with Crippen molar-refractivity contribution in [2.24, 2.45) is 0 Å². The van der Waals surface area contributed by atoms with Gasteiger partial charge in [-0.25, -0.2) is 4.79 Å². The summed E-state index contributed by atoms with van der Waals surface area (Å²) in [6.45, 7) is 0. The van der Waals surface area contributed by atoms with Crippen molar-refractivity contribution >= 4 is 24.1 Å². The summed E-state index contributed by atoms with van der Waals surface area (Å²) in [5.74, 6) is -0.0678. The fourth-order valence-corrected chi connectivity index (χ4v) is 1.04. The molecular weight excluding hydrogens is 206 g/mol. The summed E-state index contributed by atoms with van der Waals surface area (Å²) in [6.07, 6.45) is 0. The zero-order valence-electron chi connectivity index (χ0n) is 7.94. The van der Waals surface area contributed by atoms with Crippen LogP contribution in [-0.4, -0.2) is 20.2 Å². The summed E-state index contributed by atoms with van der Waals surface area (Å²) in [6, 6.07) is 4.98. The van der Waals surface area contributed by atoms with Crippen LogP contribution in [0.4, 0.5) is 5.69 Å². The van der Waals surface area contributed by atoms with Crippen molar-refractivity contribution in [3.8, 4) is 5.75 Å². The van der Waals surface area contributed by atoms with E-state index in [1.54, 1.807) is 18.2 Å². The number of methoxy groups -OCH3 is 2. The van der Waals surface area contributed by atoms with Gasteiger partial charge in [-0.3, -0.25) is 0 Å². The van der Waals surface area contributed by atoms with Crippen molar-refractivity contribution in [2.45, 2.75) is 0 Å². The number of halogens is 1. The fourth-order valence-electron chi connectivity index (χ4n) is 1.04. The van der Waals surface area contributed by atoms with E-state index in [1.165, 1.54) is 14.2 Å². The fraction of sp³-hybridized carbons (Fsp3) is 0.222. The first-order valence-electron chi connectivity index (χ1n) is 3.71. The molecule has 0 radical (unpaired) electrons. The third-order valence-electron chi connectivity index (χ3n) is 1.67. The molecule has 0 unspecified atom stereocenters. The van der Waals surface area contributed by atoms with Crippen LogP contribution in [0, 0.1) is 0 Å². The van der Waals surface area contributed by atoms with Crippen LogP contribution in [0.15, 0.2) is 18.2 Å². The molecule has 0 atom stereocenters. The van der Waals surface area contributed by atoms with Gasteiger partial charge in [0.15, 0.2) is 0 Å². The molecule has 0 aliphatic heterocycles. The summed E-state index contributed by atoms with van der Waals surface area (Å²) < 4.78 is 9.53. The quantitative estimate of drug-likeness (QED) is 0.602. The number of anilines is 1. The lowest BCUT2D eigenvalue weighted by atomic mass is 10.1. The standard InChI is InChI=1S/C9H11NO3.ClH/c1-12-7-5-3-4-6(10)8(7)9(11)13-2;/h3-5H,10H2,1-2H3;1H. The van der Waals surface area contributed by atoms with Crippen LogP contribution in [0.2, 0.25) is 0 Å². The number of hydrogen-bond donors (Lipinski definition) is 1. The Hall–Kier alpha value is -1.42. The summed E-state index contributed by atoms with van der Waals surface area (Å²) in [4.78, 5) is 11.2. The Labute approximate surface area is 88.4 Å². The lowest BCUT2D eigenvalue weighted by molar-refractivity contribution is 0.0598. The number of rotatable bonds is 2. The number of nitrogens with two attached hydrogens (primary N) is 1. The van der Waals surface area contributed by atoms with Gasteiger partial charge in [0.05, 0.1) is 14.2 Å². The van der Waals surface area contributed by atoms with Crippen LogP contribution in [-0.2, 0) is 4.74 Å². The van der Waals surface area contributed by atoms with E-state index in [-0.39, 0.29) is 18.0 Å². The molecule has 0 aliphatic rings. The smallest absolute Gasteiger partial charge is 0.343 e. The highest BCUT2D eigenvalue weighted by molar-refractivity contribution is 5.98. The van der Waals surface area contributed by atoms with Crippen LogP contribution in [0.3, 0.4) is 0 Å². The van der Waals surface area contributed by atoms with Crippen molar-refractivity contribution in [1.29, 1.82) is 0 Å². The SMILES string of the molecule is COC(=O)c1c(N)cccc1OC.Cl. The molecule has 2 N–H and O–H groups in total. The van der Waals surface area contributed by atoms with Gasteiger partial charge in [-0.15, -0.1) is 12.4 Å². The summed E-state index contributed by atoms with van der Waals surface area (Å²) in [7, 11) is 2.77. The third kappa shape index (κ3) is 2.29. The predicted molar refractivity (Wildman–Crippen MR) is 56.0 cm³/mol. The van der Waals surface area contributed by atoms with Gasteiger partial charge in [0.2, 0.25) is 0 Å². The molecule has 0 aliphatic carbocycles. The van der Waals surface area contributed by atoms with Gasteiger partial charge in [-0.2, -0.15) is 0 Å². The number of benzene rings is 1. The van der Waals surface area contributed by atoms with Crippen LogP contribution >= 0.6 is 12.4 Å². The maximum Gasteiger partial charge on any atom is 0.343 e. The molecule has 0 amide bonds. The molecule has 0 saturated carbocycles. The number of carbonyl (C=O) groups excluding carboxylic acids is 1. The van der Waals surface area contributed by atoms with E-state index in [2.05, 4.69) is 4.74 Å². The average Bonchev–Trinajstić information content (AvgIpc) is 2.16. The van der Waals surface area contributed by atoms with Gasteiger partial charge in [0, 0.05) is 5.69 Å². The molecule has 5 heteroatoms. The number of esters is 1. The average molecular weight is 218 g/mol. The van der Waals surface area contributed by atoms with Crippen LogP contribution in [0.1, 0.15) is 10.4 Å². The van der Waals surface area contributed by atoms with Gasteiger partial charge in [-0.05, 0) is 12.1 Å². The highest BCUT2D eigenvalue weighted by Crippen LogP contribution is 2.24. The van der Waals surface area contributed by atoms with Crippen molar-refractivity contribution in [1.82, 2.24) is 0 Å². The minimum absolute atomic E-state index is 0. The minimum atomic E-state index is -0.491. The number of carbonyl (C=O) groups is 1. The Bertz CT molecular complexity index is 328. The van der Waals surface area contributed by atoms with Gasteiger partial charge < -0.3 is 15.2 Å². The Kier molecular flexibility index (Phi) is 4.80. The number of hydrogen-bond acceptors (Lipinski definition) is 4. The van der Waals surface area contributed by atoms with Crippen molar-refractivity contribution in [3.63, 3.8) is 0 Å². The molecule has 0 aromatic heterocycles. The molecule has 0 fully saturated rings. The van der Waals surface area contributed by atoms with Crippen LogP contribution in [0.5, 0.6) is 5.75 Å². The molecule has 4 nitrogen and oxygen atoms in total. The Morgan fingerprint density at radius 2 is 2.00 bits per heavy atom. The zero-order valence-corrected chi connectivity index (χ0v) is 8.76. The Balaban J connectivity index is 0.00000169. The second-order valence-corrected chi connectivity index (χ2v) is 2.42. The molecule has 1 aromatic rings. The Morgan fingerprint density at radius 3 is 2.50 bits per heavy atom. The third-order valence-corrected chi connectivity index (χ3v) is 1.67. The van der Waals surface area contributed by atoms with Crippen LogP contribution in [0.25, 0.3) is 0 Å². The largest absolute Gasteiger partial charge is 0.496 e. The lowest BCUT2D eigenvalue weighted by Gasteiger charge is -2.08. The summed E-state index contributed by atoms with van der Waals surface area (Å²) in [5.41, 5.74) is 6.22. The molecule has 14 heavy (non-hydrogen) atoms. The zero-order chi connectivity index (χ0) is 9.84. The Morgan fingerprint density at radius 1 is 1.36 bits per heavy atom. The second kappa shape index (κ2) is 5.34. The van der Waals surface area contributed by atoms with E-state index in [1.807, 2.05) is 0 Å². The topological polar surface area (TPSA) is 61.5 Å². The van der Waals surface area contributed by atoms with E-state index in [4.69, 9.17) is 10.5 Å². The van der Waals surface area contributed by atoms with Crippen molar-refractivity contribution < 1.29 is 14.3 Å². The van der Waals surface area contributed by atoms with Crippen LogP contribution < -0.4 is 10.5 Å². The second-order valence-electron chi connectivity index (χ2n) is 2.42. The molecule has 1 rings (SSSR count). The van der Waals surface area contributed by atoms with Gasteiger partial charge in [0.25, 0.3) is 0 Å². The van der Waals surface area contributed by atoms with E-state index in [0.717, 1.165) is 0 Å². The van der Waals surface area contributed by atoms with Gasteiger partial charge in [0.1, 0.15) is 11.3 Å². The molecule has 0 heterocycles. The highest BCUT2D eigenvalue weighted by Gasteiger charge is 2.15. The highest BCUT2D eigenvalue weighted by atomic mass is 35.5. The normalized spacial score (nSPS) is 8.71. The molecular formula is C9H12ClNO3. The van der Waals surface area contributed by atoms with Crippen molar-refractivity contribution in [3.05, 3.63) is 23.8 Å². The number of nitrogen functional groups attached to an aromatic ring is 1. The first kappa shape index (κ1) is 12.6. The maximum atomic E-state index is 11.2. The molecule has 78 valence electrons. The van der Waals surface area contributed by atoms with Gasteiger partial charge in [-0.1, -0.05) is 6.07 Å². The molecule has 1 aromatic carbocycles. The predicted octanol–water partition coefficient (Wildman–Crippen LogP) is 1.49.